The van der Waals surface area contributed by atoms with Gasteiger partial charge >= 0.3 is 0 Å². The van der Waals surface area contributed by atoms with Crippen LogP contribution in [0.1, 0.15) is 15.4 Å². The molecule has 0 atom stereocenters. The lowest BCUT2D eigenvalue weighted by atomic mass is 10.1. The van der Waals surface area contributed by atoms with Crippen LogP contribution in [0.4, 0.5) is 0 Å². The van der Waals surface area contributed by atoms with E-state index < -0.39 is 0 Å². The van der Waals surface area contributed by atoms with Gasteiger partial charge in [0.2, 0.25) is 0 Å². The Hall–Kier alpha value is -3.13. The molecule has 124 valence electrons. The fourth-order valence-electron chi connectivity index (χ4n) is 2.59. The average Bonchev–Trinajstić information content (AvgIpc) is 3.30. The molecule has 0 N–H and O–H groups in total. The maximum atomic E-state index is 12.9. The SMILES string of the molecule is CN(Cc1nc2ccccc2s1)C(=O)c1ccccc1-n1cnnn1. The lowest BCUT2D eigenvalue weighted by Crippen LogP contribution is -2.27. The van der Waals surface area contributed by atoms with Gasteiger partial charge in [-0.1, -0.05) is 24.3 Å². The summed E-state index contributed by atoms with van der Waals surface area (Å²) in [5, 5.41) is 12.0. The number of hydrogen-bond donors (Lipinski definition) is 0. The molecule has 0 unspecified atom stereocenters. The smallest absolute Gasteiger partial charge is 0.256 e. The van der Waals surface area contributed by atoms with Gasteiger partial charge in [0.15, 0.2) is 0 Å². The van der Waals surface area contributed by atoms with E-state index in [-0.39, 0.29) is 5.91 Å². The van der Waals surface area contributed by atoms with E-state index in [9.17, 15) is 4.79 Å². The summed E-state index contributed by atoms with van der Waals surface area (Å²) in [5.41, 5.74) is 2.14. The van der Waals surface area contributed by atoms with E-state index >= 15 is 0 Å². The number of fused-ring (bicyclic) bond motifs is 1. The molecular weight excluding hydrogens is 336 g/mol. The molecule has 7 nitrogen and oxygen atoms in total. The third kappa shape index (κ3) is 2.99. The van der Waals surface area contributed by atoms with E-state index in [0.717, 1.165) is 15.2 Å². The number of para-hydroxylation sites is 2. The quantitative estimate of drug-likeness (QED) is 0.565. The summed E-state index contributed by atoms with van der Waals surface area (Å²) in [4.78, 5) is 19.1. The average molecular weight is 350 g/mol. The molecule has 0 bridgehead atoms. The van der Waals surface area contributed by atoms with Crippen molar-refractivity contribution in [2.24, 2.45) is 0 Å². The zero-order chi connectivity index (χ0) is 17.2. The topological polar surface area (TPSA) is 76.8 Å². The van der Waals surface area contributed by atoms with Gasteiger partial charge in [-0.25, -0.2) is 4.98 Å². The van der Waals surface area contributed by atoms with Crippen molar-refractivity contribution >= 4 is 27.5 Å². The van der Waals surface area contributed by atoms with E-state index in [1.54, 1.807) is 29.4 Å². The van der Waals surface area contributed by atoms with Crippen LogP contribution >= 0.6 is 11.3 Å². The standard InChI is InChI=1S/C17H14N6OS/c1-22(10-16-19-13-7-3-5-9-15(13)25-16)17(24)12-6-2-4-8-14(12)23-11-18-20-21-23/h2-9,11H,10H2,1H3. The van der Waals surface area contributed by atoms with Crippen LogP contribution in [-0.2, 0) is 6.54 Å². The number of amides is 1. The first-order valence-corrected chi connectivity index (χ1v) is 8.46. The highest BCUT2D eigenvalue weighted by Gasteiger charge is 2.18. The zero-order valence-corrected chi connectivity index (χ0v) is 14.2. The van der Waals surface area contributed by atoms with Crippen molar-refractivity contribution in [1.29, 1.82) is 0 Å². The van der Waals surface area contributed by atoms with Crippen LogP contribution in [0.15, 0.2) is 54.9 Å². The van der Waals surface area contributed by atoms with Crippen molar-refractivity contribution in [1.82, 2.24) is 30.1 Å². The molecule has 0 spiro atoms. The van der Waals surface area contributed by atoms with Crippen LogP contribution in [0.3, 0.4) is 0 Å². The minimum atomic E-state index is -0.106. The van der Waals surface area contributed by atoms with E-state index in [1.807, 2.05) is 42.5 Å². The van der Waals surface area contributed by atoms with Crippen molar-refractivity contribution in [3.63, 3.8) is 0 Å². The van der Waals surface area contributed by atoms with Gasteiger partial charge in [-0.05, 0) is 34.7 Å². The Morgan fingerprint density at radius 2 is 1.96 bits per heavy atom. The van der Waals surface area contributed by atoms with Crippen LogP contribution < -0.4 is 0 Å². The van der Waals surface area contributed by atoms with Crippen molar-refractivity contribution in [3.8, 4) is 5.69 Å². The normalized spacial score (nSPS) is 10.9. The second-order valence-electron chi connectivity index (χ2n) is 5.51. The van der Waals surface area contributed by atoms with Crippen LogP contribution in [-0.4, -0.2) is 43.0 Å². The molecule has 0 saturated heterocycles. The molecule has 1 amide bonds. The molecule has 4 rings (SSSR count). The Morgan fingerprint density at radius 3 is 2.76 bits per heavy atom. The summed E-state index contributed by atoms with van der Waals surface area (Å²) in [5.74, 6) is -0.106. The number of rotatable bonds is 4. The molecule has 0 fully saturated rings. The zero-order valence-electron chi connectivity index (χ0n) is 13.4. The summed E-state index contributed by atoms with van der Waals surface area (Å²) in [6.07, 6.45) is 1.47. The Labute approximate surface area is 147 Å². The fourth-order valence-corrected chi connectivity index (χ4v) is 3.61. The van der Waals surface area contributed by atoms with Gasteiger partial charge in [-0.15, -0.1) is 16.4 Å². The molecule has 8 heteroatoms. The summed E-state index contributed by atoms with van der Waals surface area (Å²) < 4.78 is 2.60. The lowest BCUT2D eigenvalue weighted by Gasteiger charge is -2.17. The number of aromatic nitrogens is 5. The number of carbonyl (C=O) groups is 1. The van der Waals surface area contributed by atoms with E-state index in [1.165, 1.54) is 11.0 Å². The fraction of sp³-hybridized carbons (Fsp3) is 0.118. The van der Waals surface area contributed by atoms with Crippen LogP contribution in [0.2, 0.25) is 0 Å². The van der Waals surface area contributed by atoms with Gasteiger partial charge < -0.3 is 4.90 Å². The van der Waals surface area contributed by atoms with E-state index in [0.29, 0.717) is 17.8 Å². The number of benzene rings is 2. The van der Waals surface area contributed by atoms with E-state index in [4.69, 9.17) is 0 Å². The highest BCUT2D eigenvalue weighted by atomic mass is 32.1. The molecule has 25 heavy (non-hydrogen) atoms. The number of tetrazole rings is 1. The van der Waals surface area contributed by atoms with Gasteiger partial charge in [-0.3, -0.25) is 4.79 Å². The monoisotopic (exact) mass is 350 g/mol. The van der Waals surface area contributed by atoms with Gasteiger partial charge in [0, 0.05) is 7.05 Å². The maximum absolute atomic E-state index is 12.9. The second kappa shape index (κ2) is 6.40. The first-order chi connectivity index (χ1) is 12.2. The Bertz CT molecular complexity index is 993. The van der Waals surface area contributed by atoms with E-state index in [2.05, 4.69) is 20.5 Å². The third-order valence-corrected chi connectivity index (χ3v) is 4.81. The van der Waals surface area contributed by atoms with Crippen LogP contribution in [0, 0.1) is 0 Å². The Morgan fingerprint density at radius 1 is 1.16 bits per heavy atom. The third-order valence-electron chi connectivity index (χ3n) is 3.79. The van der Waals surface area contributed by atoms with Crippen LogP contribution in [0.5, 0.6) is 0 Å². The summed E-state index contributed by atoms with van der Waals surface area (Å²) in [7, 11) is 1.77. The molecule has 0 saturated carbocycles. The van der Waals surface area contributed by atoms with Crippen molar-refractivity contribution in [2.45, 2.75) is 6.54 Å². The molecule has 0 aliphatic carbocycles. The summed E-state index contributed by atoms with van der Waals surface area (Å²) in [6, 6.07) is 15.2. The maximum Gasteiger partial charge on any atom is 0.256 e. The minimum Gasteiger partial charge on any atom is -0.335 e. The number of carbonyl (C=O) groups excluding carboxylic acids is 1. The van der Waals surface area contributed by atoms with Crippen molar-refractivity contribution < 1.29 is 4.79 Å². The lowest BCUT2D eigenvalue weighted by molar-refractivity contribution is 0.0785. The van der Waals surface area contributed by atoms with Gasteiger partial charge in [0.1, 0.15) is 11.3 Å². The van der Waals surface area contributed by atoms with Crippen molar-refractivity contribution in [3.05, 3.63) is 65.4 Å². The molecule has 2 heterocycles. The second-order valence-corrected chi connectivity index (χ2v) is 6.62. The first kappa shape index (κ1) is 15.4. The predicted molar refractivity (Wildman–Crippen MR) is 94.6 cm³/mol. The molecule has 0 aliphatic heterocycles. The predicted octanol–water partition coefficient (Wildman–Crippen LogP) is 2.54. The minimum absolute atomic E-state index is 0.106. The Kier molecular flexibility index (Phi) is 3.95. The molecule has 0 aliphatic rings. The molecular formula is C17H14N6OS. The van der Waals surface area contributed by atoms with Gasteiger partial charge in [0.25, 0.3) is 5.91 Å². The number of thiazole rings is 1. The number of nitrogens with zero attached hydrogens (tertiary/aromatic N) is 6. The first-order valence-electron chi connectivity index (χ1n) is 7.64. The highest BCUT2D eigenvalue weighted by Crippen LogP contribution is 2.23. The van der Waals surface area contributed by atoms with Crippen molar-refractivity contribution in [2.75, 3.05) is 7.05 Å². The van der Waals surface area contributed by atoms with Gasteiger partial charge in [-0.2, -0.15) is 4.68 Å². The largest absolute Gasteiger partial charge is 0.335 e. The van der Waals surface area contributed by atoms with Gasteiger partial charge in [0.05, 0.1) is 28.0 Å². The summed E-state index contributed by atoms with van der Waals surface area (Å²) >= 11 is 1.60. The molecule has 2 aromatic carbocycles. The molecule has 2 aromatic heterocycles. The number of hydrogen-bond acceptors (Lipinski definition) is 6. The molecule has 0 radical (unpaired) electrons. The molecule has 4 aromatic rings. The van der Waals surface area contributed by atoms with Crippen LogP contribution in [0.25, 0.3) is 15.9 Å². The summed E-state index contributed by atoms with van der Waals surface area (Å²) in [6.45, 7) is 0.447. The Balaban J connectivity index is 1.60. The highest BCUT2D eigenvalue weighted by molar-refractivity contribution is 7.18.